The van der Waals surface area contributed by atoms with Gasteiger partial charge in [0.1, 0.15) is 0 Å². The van der Waals surface area contributed by atoms with Crippen LogP contribution in [0.4, 0.5) is 0 Å². The van der Waals surface area contributed by atoms with Crippen molar-refractivity contribution in [2.75, 3.05) is 0 Å². The van der Waals surface area contributed by atoms with Gasteiger partial charge in [0, 0.05) is 0 Å². The molecule has 1 saturated carbocycles. The maximum Gasteiger partial charge on any atom is 0.0925 e. The van der Waals surface area contributed by atoms with Gasteiger partial charge in [0.15, 0.2) is 0 Å². The standard InChI is InChI=1S/C7H13NO/c1-5-3-7(8-9)4-6(5)2/h5-7H,3-4H2,1-2H3/t5-,6-/m1/s1. The molecule has 0 radical (unpaired) electrons. The van der Waals surface area contributed by atoms with E-state index in [-0.39, 0.29) is 6.04 Å². The van der Waals surface area contributed by atoms with Gasteiger partial charge in [-0.05, 0) is 24.7 Å². The average Bonchev–Trinajstić information content (AvgIpc) is 2.13. The van der Waals surface area contributed by atoms with Crippen LogP contribution >= 0.6 is 0 Å². The highest BCUT2D eigenvalue weighted by Gasteiger charge is 2.28. The molecule has 1 aliphatic rings. The van der Waals surface area contributed by atoms with Gasteiger partial charge in [-0.25, -0.2) is 0 Å². The molecule has 0 saturated heterocycles. The van der Waals surface area contributed by atoms with Crippen LogP contribution in [0.15, 0.2) is 5.18 Å². The highest BCUT2D eigenvalue weighted by atomic mass is 16.3. The minimum absolute atomic E-state index is 0.120. The molecule has 0 aliphatic heterocycles. The van der Waals surface area contributed by atoms with Crippen LogP contribution in [0.3, 0.4) is 0 Å². The van der Waals surface area contributed by atoms with Gasteiger partial charge in [-0.3, -0.25) is 0 Å². The summed E-state index contributed by atoms with van der Waals surface area (Å²) >= 11 is 0. The van der Waals surface area contributed by atoms with Gasteiger partial charge < -0.3 is 0 Å². The second-order valence-corrected chi connectivity index (χ2v) is 3.19. The normalized spacial score (nSPS) is 37.1. The SMILES string of the molecule is C[C@@H]1CC(N=O)C[C@H]1C. The van der Waals surface area contributed by atoms with E-state index in [0.717, 1.165) is 12.8 Å². The molecule has 0 unspecified atom stereocenters. The average molecular weight is 127 g/mol. The summed E-state index contributed by atoms with van der Waals surface area (Å²) < 4.78 is 0. The van der Waals surface area contributed by atoms with E-state index in [0.29, 0.717) is 11.8 Å². The van der Waals surface area contributed by atoms with Crippen LogP contribution in [-0.2, 0) is 0 Å². The lowest BCUT2D eigenvalue weighted by Crippen LogP contribution is -1.95. The van der Waals surface area contributed by atoms with Crippen LogP contribution in [-0.4, -0.2) is 6.04 Å². The zero-order valence-corrected chi connectivity index (χ0v) is 6.00. The van der Waals surface area contributed by atoms with E-state index in [1.807, 2.05) is 0 Å². The summed E-state index contributed by atoms with van der Waals surface area (Å²) in [4.78, 5) is 10.0. The second kappa shape index (κ2) is 2.46. The van der Waals surface area contributed by atoms with Crippen LogP contribution in [0, 0.1) is 16.7 Å². The Balaban J connectivity index is 2.43. The largest absolute Gasteiger partial charge is 0.151 e. The molecule has 0 heterocycles. The van der Waals surface area contributed by atoms with Crippen LogP contribution in [0.1, 0.15) is 26.7 Å². The minimum Gasteiger partial charge on any atom is -0.151 e. The van der Waals surface area contributed by atoms with E-state index in [1.165, 1.54) is 0 Å². The predicted molar refractivity (Wildman–Crippen MR) is 37.1 cm³/mol. The van der Waals surface area contributed by atoms with Gasteiger partial charge in [0.05, 0.1) is 6.04 Å². The van der Waals surface area contributed by atoms with Crippen LogP contribution in [0.25, 0.3) is 0 Å². The molecule has 1 rings (SSSR count). The van der Waals surface area contributed by atoms with E-state index < -0.39 is 0 Å². The molecular weight excluding hydrogens is 114 g/mol. The first kappa shape index (κ1) is 6.72. The molecule has 0 bridgehead atoms. The maximum atomic E-state index is 10.0. The molecule has 2 heteroatoms. The molecule has 2 nitrogen and oxygen atoms in total. The van der Waals surface area contributed by atoms with Crippen molar-refractivity contribution in [1.82, 2.24) is 0 Å². The summed E-state index contributed by atoms with van der Waals surface area (Å²) in [6.07, 6.45) is 2.01. The molecule has 1 fully saturated rings. The molecule has 0 aromatic rings. The summed E-state index contributed by atoms with van der Waals surface area (Å²) in [7, 11) is 0. The summed E-state index contributed by atoms with van der Waals surface area (Å²) in [5.41, 5.74) is 0. The second-order valence-electron chi connectivity index (χ2n) is 3.19. The molecule has 52 valence electrons. The Morgan fingerprint density at radius 3 is 1.89 bits per heavy atom. The van der Waals surface area contributed by atoms with Gasteiger partial charge in [0.25, 0.3) is 0 Å². The molecule has 0 amide bonds. The summed E-state index contributed by atoms with van der Waals surface area (Å²) in [5, 5.41) is 3.04. The van der Waals surface area contributed by atoms with Crippen molar-refractivity contribution >= 4 is 0 Å². The third kappa shape index (κ3) is 1.29. The Bertz CT molecular complexity index is 103. The quantitative estimate of drug-likeness (QED) is 0.496. The highest BCUT2D eigenvalue weighted by molar-refractivity contribution is 4.82. The zero-order valence-electron chi connectivity index (χ0n) is 6.00. The van der Waals surface area contributed by atoms with E-state index in [2.05, 4.69) is 19.0 Å². The summed E-state index contributed by atoms with van der Waals surface area (Å²) in [5.74, 6) is 1.40. The van der Waals surface area contributed by atoms with Crippen LogP contribution in [0.5, 0.6) is 0 Å². The number of nitroso groups, excluding NO2 is 1. The number of hydrogen-bond acceptors (Lipinski definition) is 2. The lowest BCUT2D eigenvalue weighted by atomic mass is 10.0. The van der Waals surface area contributed by atoms with Crippen LogP contribution in [0.2, 0.25) is 0 Å². The number of hydrogen-bond donors (Lipinski definition) is 0. The Labute approximate surface area is 55.6 Å². The van der Waals surface area contributed by atoms with Gasteiger partial charge in [-0.2, -0.15) is 4.91 Å². The van der Waals surface area contributed by atoms with Crippen molar-refractivity contribution in [3.63, 3.8) is 0 Å². The number of rotatable bonds is 1. The van der Waals surface area contributed by atoms with E-state index in [1.54, 1.807) is 0 Å². The Morgan fingerprint density at radius 2 is 1.67 bits per heavy atom. The van der Waals surface area contributed by atoms with Gasteiger partial charge >= 0.3 is 0 Å². The van der Waals surface area contributed by atoms with Crippen molar-refractivity contribution in [2.24, 2.45) is 17.0 Å². The van der Waals surface area contributed by atoms with Crippen molar-refractivity contribution in [3.05, 3.63) is 4.91 Å². The van der Waals surface area contributed by atoms with Crippen molar-refractivity contribution < 1.29 is 0 Å². The molecule has 9 heavy (non-hydrogen) atoms. The smallest absolute Gasteiger partial charge is 0.0925 e. The Morgan fingerprint density at radius 1 is 1.22 bits per heavy atom. The fraction of sp³-hybridized carbons (Fsp3) is 1.00. The first-order valence-electron chi connectivity index (χ1n) is 3.56. The molecule has 0 N–H and O–H groups in total. The lowest BCUT2D eigenvalue weighted by Gasteiger charge is -2.04. The molecule has 2 atom stereocenters. The Hall–Kier alpha value is -0.400. The number of nitrogens with zero attached hydrogens (tertiary/aromatic N) is 1. The molecular formula is C7H13NO. The fourth-order valence-electron chi connectivity index (χ4n) is 1.51. The maximum absolute atomic E-state index is 10.0. The van der Waals surface area contributed by atoms with E-state index in [4.69, 9.17) is 0 Å². The first-order valence-corrected chi connectivity index (χ1v) is 3.56. The lowest BCUT2D eigenvalue weighted by molar-refractivity contribution is 0.457. The highest BCUT2D eigenvalue weighted by Crippen LogP contribution is 2.32. The van der Waals surface area contributed by atoms with Crippen molar-refractivity contribution in [3.8, 4) is 0 Å². The van der Waals surface area contributed by atoms with E-state index >= 15 is 0 Å². The van der Waals surface area contributed by atoms with Gasteiger partial charge in [-0.1, -0.05) is 19.0 Å². The monoisotopic (exact) mass is 127 g/mol. The van der Waals surface area contributed by atoms with Gasteiger partial charge in [-0.15, -0.1) is 0 Å². The molecule has 0 aromatic heterocycles. The third-order valence-corrected chi connectivity index (χ3v) is 2.41. The molecule has 0 spiro atoms. The third-order valence-electron chi connectivity index (χ3n) is 2.41. The fourth-order valence-corrected chi connectivity index (χ4v) is 1.51. The van der Waals surface area contributed by atoms with Crippen molar-refractivity contribution in [1.29, 1.82) is 0 Å². The minimum atomic E-state index is 0.120. The topological polar surface area (TPSA) is 29.4 Å². The first-order chi connectivity index (χ1) is 4.24. The zero-order chi connectivity index (χ0) is 6.85. The summed E-state index contributed by atoms with van der Waals surface area (Å²) in [6, 6.07) is 0.120. The van der Waals surface area contributed by atoms with E-state index in [9.17, 15) is 4.91 Å². The Kier molecular flexibility index (Phi) is 1.84. The summed E-state index contributed by atoms with van der Waals surface area (Å²) in [6.45, 7) is 4.38. The molecule has 0 aromatic carbocycles. The van der Waals surface area contributed by atoms with Crippen LogP contribution < -0.4 is 0 Å². The van der Waals surface area contributed by atoms with Crippen molar-refractivity contribution in [2.45, 2.75) is 32.7 Å². The predicted octanol–water partition coefficient (Wildman–Crippen LogP) is 2.19. The molecule has 1 aliphatic carbocycles. The van der Waals surface area contributed by atoms with Gasteiger partial charge in [0.2, 0.25) is 0 Å².